The molecule has 242 valence electrons. The number of hydrogen-bond donors (Lipinski definition) is 5. The van der Waals surface area contributed by atoms with Gasteiger partial charge in [-0.1, -0.05) is 6.07 Å². The first-order valence-corrected chi connectivity index (χ1v) is 14.2. The molecule has 46 heavy (non-hydrogen) atoms. The van der Waals surface area contributed by atoms with Gasteiger partial charge in [0.05, 0.1) is 28.1 Å². The first kappa shape index (κ1) is 33.3. The minimum atomic E-state index is -1.17. The predicted octanol–water partition coefficient (Wildman–Crippen LogP) is 3.95. The lowest BCUT2D eigenvalue weighted by atomic mass is 9.95. The number of phenolic OH excluding ortho intramolecular Hbond substituents is 4. The van der Waals surface area contributed by atoms with Gasteiger partial charge in [0.1, 0.15) is 34.7 Å². The second kappa shape index (κ2) is 13.6. The number of benzene rings is 3. The number of carbonyl (C=O) groups is 5. The van der Waals surface area contributed by atoms with E-state index in [-0.39, 0.29) is 11.3 Å². The Labute approximate surface area is 263 Å². The van der Waals surface area contributed by atoms with Crippen LogP contribution in [0, 0.1) is 5.41 Å². The van der Waals surface area contributed by atoms with E-state index in [1.807, 2.05) is 0 Å². The number of esters is 3. The Bertz CT molecular complexity index is 1650. The number of nitrogens with one attached hydrogen (secondary N) is 1. The number of carbonyl (C=O) groups excluding carboxylic acids is 5. The van der Waals surface area contributed by atoms with Crippen LogP contribution in [0.3, 0.4) is 0 Å². The predicted molar refractivity (Wildman–Crippen MR) is 160 cm³/mol. The highest BCUT2D eigenvalue weighted by atomic mass is 16.7. The minimum absolute atomic E-state index is 0.00266. The fourth-order valence-electron chi connectivity index (χ4n) is 4.77. The van der Waals surface area contributed by atoms with E-state index in [2.05, 4.69) is 5.32 Å². The van der Waals surface area contributed by atoms with Gasteiger partial charge < -0.3 is 40.0 Å². The van der Waals surface area contributed by atoms with Gasteiger partial charge in [0, 0.05) is 5.56 Å². The number of ether oxygens (including phenoxy) is 3. The van der Waals surface area contributed by atoms with Crippen molar-refractivity contribution in [3.05, 3.63) is 82.4 Å². The Kier molecular flexibility index (Phi) is 9.84. The largest absolute Gasteiger partial charge is 0.508 e. The second-order valence-electron chi connectivity index (χ2n) is 11.7. The van der Waals surface area contributed by atoms with E-state index in [9.17, 15) is 44.4 Å². The normalized spacial score (nSPS) is 15.9. The molecule has 5 N–H and O–H groups in total. The minimum Gasteiger partial charge on any atom is -0.508 e. The van der Waals surface area contributed by atoms with Crippen molar-refractivity contribution in [2.45, 2.75) is 52.2 Å². The molecule has 3 aromatic carbocycles. The molecule has 1 aliphatic rings. The maximum atomic E-state index is 13.4. The Morgan fingerprint density at radius 2 is 1.43 bits per heavy atom. The molecule has 1 amide bonds. The van der Waals surface area contributed by atoms with Crippen molar-refractivity contribution in [2.24, 2.45) is 5.41 Å². The molecular weight excluding hydrogens is 602 g/mol. The van der Waals surface area contributed by atoms with Crippen LogP contribution in [0.2, 0.25) is 0 Å². The SMILES string of the molecule is CC(C)(C)C(=O)OCOC(=O)c1cccc(O)c1C(=O)c1c(O)cc(C(=O)O[C@@H]2CCC[C@H]2NC(=O)c2ccc(O)cc2)cc1O. The van der Waals surface area contributed by atoms with Crippen LogP contribution in [0.15, 0.2) is 54.6 Å². The summed E-state index contributed by atoms with van der Waals surface area (Å²) in [5, 5.41) is 44.1. The second-order valence-corrected chi connectivity index (χ2v) is 11.7. The molecule has 1 fully saturated rings. The molecule has 0 aromatic heterocycles. The lowest BCUT2D eigenvalue weighted by Gasteiger charge is -2.21. The molecular formula is C33H33NO12. The third kappa shape index (κ3) is 7.54. The van der Waals surface area contributed by atoms with Gasteiger partial charge >= 0.3 is 17.9 Å². The number of aromatic hydroxyl groups is 4. The highest BCUT2D eigenvalue weighted by molar-refractivity contribution is 6.18. The molecule has 13 heteroatoms. The van der Waals surface area contributed by atoms with Crippen LogP contribution in [0.25, 0.3) is 0 Å². The number of amides is 1. The van der Waals surface area contributed by atoms with Gasteiger partial charge in [0.25, 0.3) is 5.91 Å². The fraction of sp³-hybridized carbons (Fsp3) is 0.303. The molecule has 2 atom stereocenters. The van der Waals surface area contributed by atoms with Crippen molar-refractivity contribution >= 4 is 29.6 Å². The van der Waals surface area contributed by atoms with E-state index in [1.165, 1.54) is 30.3 Å². The number of ketones is 1. The molecule has 0 spiro atoms. The summed E-state index contributed by atoms with van der Waals surface area (Å²) < 4.78 is 15.4. The smallest absolute Gasteiger partial charge is 0.341 e. The van der Waals surface area contributed by atoms with Gasteiger partial charge in [-0.25, -0.2) is 9.59 Å². The zero-order valence-electron chi connectivity index (χ0n) is 25.2. The molecule has 1 saturated carbocycles. The van der Waals surface area contributed by atoms with E-state index in [0.29, 0.717) is 24.8 Å². The topological polar surface area (TPSA) is 206 Å². The molecule has 0 saturated heterocycles. The maximum absolute atomic E-state index is 13.4. The van der Waals surface area contributed by atoms with Gasteiger partial charge in [0.15, 0.2) is 0 Å². The Morgan fingerprint density at radius 3 is 2.07 bits per heavy atom. The molecule has 0 heterocycles. The Hall–Kier alpha value is -5.59. The van der Waals surface area contributed by atoms with E-state index in [0.717, 1.165) is 24.3 Å². The molecule has 0 unspecified atom stereocenters. The maximum Gasteiger partial charge on any atom is 0.341 e. The van der Waals surface area contributed by atoms with Crippen LogP contribution >= 0.6 is 0 Å². The zero-order chi connectivity index (χ0) is 33.8. The molecule has 13 nitrogen and oxygen atoms in total. The monoisotopic (exact) mass is 635 g/mol. The molecule has 0 radical (unpaired) electrons. The number of phenols is 4. The van der Waals surface area contributed by atoms with Crippen LogP contribution in [0.5, 0.6) is 23.0 Å². The standard InChI is InChI=1S/C33H33NO12/c1-33(2,3)32(43)45-16-44-31(42)20-6-4-8-22(36)26(20)28(39)27-23(37)14-18(15-24(27)38)30(41)46-25-9-5-7-21(25)34-29(40)17-10-12-19(35)13-11-17/h4,6,8,10-15,21,25,35-38H,5,7,9,16H2,1-3H3,(H,34,40)/t21-,25-/m1/s1. The van der Waals surface area contributed by atoms with Crippen LogP contribution in [-0.2, 0) is 19.0 Å². The summed E-state index contributed by atoms with van der Waals surface area (Å²) in [4.78, 5) is 63.8. The van der Waals surface area contributed by atoms with E-state index < -0.39 is 87.9 Å². The van der Waals surface area contributed by atoms with E-state index in [1.54, 1.807) is 20.8 Å². The third-order valence-electron chi connectivity index (χ3n) is 7.20. The Morgan fingerprint density at radius 1 is 0.783 bits per heavy atom. The summed E-state index contributed by atoms with van der Waals surface area (Å²) in [6, 6.07) is 10.4. The summed E-state index contributed by atoms with van der Waals surface area (Å²) in [5.74, 6) is -6.68. The lowest BCUT2D eigenvalue weighted by molar-refractivity contribution is -0.161. The third-order valence-corrected chi connectivity index (χ3v) is 7.20. The van der Waals surface area contributed by atoms with Crippen molar-refractivity contribution in [3.63, 3.8) is 0 Å². The van der Waals surface area contributed by atoms with Gasteiger partial charge in [0.2, 0.25) is 12.6 Å². The van der Waals surface area contributed by atoms with Gasteiger partial charge in [-0.05, 0) is 88.6 Å². The molecule has 3 aromatic rings. The van der Waals surface area contributed by atoms with Crippen molar-refractivity contribution in [1.29, 1.82) is 0 Å². The summed E-state index contributed by atoms with van der Waals surface area (Å²) >= 11 is 0. The quantitative estimate of drug-likeness (QED) is 0.129. The van der Waals surface area contributed by atoms with Crippen molar-refractivity contribution < 1.29 is 58.6 Å². The molecule has 4 rings (SSSR count). The lowest BCUT2D eigenvalue weighted by Crippen LogP contribution is -2.41. The van der Waals surface area contributed by atoms with Crippen LogP contribution < -0.4 is 5.32 Å². The highest BCUT2D eigenvalue weighted by Crippen LogP contribution is 2.35. The number of hydrogen-bond acceptors (Lipinski definition) is 12. The first-order valence-electron chi connectivity index (χ1n) is 14.2. The molecule has 1 aliphatic carbocycles. The average Bonchev–Trinajstić information content (AvgIpc) is 3.42. The van der Waals surface area contributed by atoms with Crippen LogP contribution in [0.1, 0.15) is 87.0 Å². The van der Waals surface area contributed by atoms with Crippen molar-refractivity contribution in [3.8, 4) is 23.0 Å². The van der Waals surface area contributed by atoms with Crippen LogP contribution in [0.4, 0.5) is 0 Å². The summed E-state index contributed by atoms with van der Waals surface area (Å²) in [6.07, 6.45) is 0.877. The molecule has 0 bridgehead atoms. The average molecular weight is 636 g/mol. The summed E-state index contributed by atoms with van der Waals surface area (Å²) in [6.45, 7) is 4.02. The summed E-state index contributed by atoms with van der Waals surface area (Å²) in [7, 11) is 0. The van der Waals surface area contributed by atoms with E-state index in [4.69, 9.17) is 14.2 Å². The van der Waals surface area contributed by atoms with E-state index >= 15 is 0 Å². The van der Waals surface area contributed by atoms with Crippen LogP contribution in [-0.4, -0.2) is 69.0 Å². The summed E-state index contributed by atoms with van der Waals surface area (Å²) in [5.41, 5.74) is -2.65. The van der Waals surface area contributed by atoms with Crippen molar-refractivity contribution in [1.82, 2.24) is 5.32 Å². The van der Waals surface area contributed by atoms with Gasteiger partial charge in [-0.15, -0.1) is 0 Å². The number of rotatable bonds is 9. The van der Waals surface area contributed by atoms with Gasteiger partial charge in [-0.2, -0.15) is 0 Å². The zero-order valence-corrected chi connectivity index (χ0v) is 25.2. The van der Waals surface area contributed by atoms with Crippen molar-refractivity contribution in [2.75, 3.05) is 6.79 Å². The fourth-order valence-corrected chi connectivity index (χ4v) is 4.77. The van der Waals surface area contributed by atoms with Gasteiger partial charge in [-0.3, -0.25) is 14.4 Å². The molecule has 0 aliphatic heterocycles. The first-order chi connectivity index (χ1) is 21.7. The Balaban J connectivity index is 1.49. The highest BCUT2D eigenvalue weighted by Gasteiger charge is 2.34.